The van der Waals surface area contributed by atoms with Crippen LogP contribution in [0.15, 0.2) is 36.7 Å². The molecule has 1 saturated heterocycles. The third-order valence-electron chi connectivity index (χ3n) is 5.57. The summed E-state index contributed by atoms with van der Waals surface area (Å²) in [6.45, 7) is 0.195. The number of aromatic nitrogens is 3. The van der Waals surface area contributed by atoms with E-state index in [1.807, 2.05) is 0 Å². The molecule has 0 spiro atoms. The van der Waals surface area contributed by atoms with Gasteiger partial charge in [0.15, 0.2) is 5.65 Å². The van der Waals surface area contributed by atoms with Crippen LogP contribution in [0.25, 0.3) is 5.65 Å². The average molecular weight is 430 g/mol. The number of aliphatic hydroxyl groups excluding tert-OH is 2. The number of benzene rings is 1. The van der Waals surface area contributed by atoms with Crippen molar-refractivity contribution in [3.05, 3.63) is 53.9 Å². The molecular formula is C20H20F2N6O3. The van der Waals surface area contributed by atoms with Crippen LogP contribution in [-0.2, 0) is 0 Å². The second-order valence-corrected chi connectivity index (χ2v) is 7.84. The van der Waals surface area contributed by atoms with E-state index < -0.39 is 35.9 Å². The molecule has 2 aromatic heterocycles. The maximum absolute atomic E-state index is 14.4. The number of β-amino-alcohol motifs (C(OH)–C–C–N with tert-alkyl or cyclic N) is 1. The van der Waals surface area contributed by atoms with Crippen LogP contribution in [0.4, 0.5) is 25.1 Å². The molecule has 31 heavy (non-hydrogen) atoms. The second-order valence-electron chi connectivity index (χ2n) is 7.84. The van der Waals surface area contributed by atoms with Crippen molar-refractivity contribution in [2.45, 2.75) is 37.1 Å². The highest BCUT2D eigenvalue weighted by atomic mass is 19.1. The van der Waals surface area contributed by atoms with Crippen LogP contribution in [0.3, 0.4) is 0 Å². The van der Waals surface area contributed by atoms with Crippen molar-refractivity contribution >= 4 is 23.2 Å². The Bertz CT molecular complexity index is 1160. The van der Waals surface area contributed by atoms with Crippen molar-refractivity contribution in [2.75, 3.05) is 16.8 Å². The molecule has 2 fully saturated rings. The molecule has 9 nitrogen and oxygen atoms in total. The highest BCUT2D eigenvalue weighted by Gasteiger charge is 2.37. The van der Waals surface area contributed by atoms with Gasteiger partial charge in [-0.05, 0) is 37.1 Å². The zero-order valence-electron chi connectivity index (χ0n) is 16.2. The van der Waals surface area contributed by atoms with E-state index in [1.165, 1.54) is 10.7 Å². The van der Waals surface area contributed by atoms with E-state index in [-0.39, 0.29) is 24.6 Å². The number of nitrogens with zero attached hydrogens (tertiary/aromatic N) is 4. The molecule has 2 aliphatic rings. The molecule has 1 aliphatic heterocycles. The van der Waals surface area contributed by atoms with Crippen molar-refractivity contribution in [3.63, 3.8) is 0 Å². The standard InChI is InChI=1S/C20H20F2N6O3/c21-10-1-2-13(22)12(5-10)16-6-11(29)9-27(16)18-3-4-28-19(26-18)15(8-23-28)25-20(31)24-14-7-17(14)30/h1-5,8,11,14,16-17,29-30H,6-7,9H2,(H2,24,25,31)/t11-,14-,16-,17-/m1/s1. The van der Waals surface area contributed by atoms with Gasteiger partial charge in [0, 0.05) is 18.3 Å². The summed E-state index contributed by atoms with van der Waals surface area (Å²) in [5.74, 6) is -0.688. The molecule has 2 amide bonds. The van der Waals surface area contributed by atoms with Crippen LogP contribution >= 0.6 is 0 Å². The van der Waals surface area contributed by atoms with Gasteiger partial charge in [-0.25, -0.2) is 23.1 Å². The topological polar surface area (TPSA) is 115 Å². The maximum Gasteiger partial charge on any atom is 0.319 e. The van der Waals surface area contributed by atoms with Gasteiger partial charge >= 0.3 is 6.03 Å². The van der Waals surface area contributed by atoms with E-state index in [0.29, 0.717) is 23.6 Å². The minimum Gasteiger partial charge on any atom is -0.391 e. The summed E-state index contributed by atoms with van der Waals surface area (Å²) in [5, 5.41) is 29.0. The normalized spacial score (nSPS) is 25.1. The van der Waals surface area contributed by atoms with Crippen LogP contribution in [0.5, 0.6) is 0 Å². The van der Waals surface area contributed by atoms with Gasteiger partial charge in [0.1, 0.15) is 23.1 Å². The Labute approximate surface area is 175 Å². The summed E-state index contributed by atoms with van der Waals surface area (Å²) < 4.78 is 29.6. The van der Waals surface area contributed by atoms with E-state index >= 15 is 0 Å². The zero-order valence-corrected chi connectivity index (χ0v) is 16.2. The van der Waals surface area contributed by atoms with E-state index in [1.54, 1.807) is 17.2 Å². The maximum atomic E-state index is 14.4. The van der Waals surface area contributed by atoms with Gasteiger partial charge in [-0.2, -0.15) is 5.10 Å². The van der Waals surface area contributed by atoms with Crippen LogP contribution in [0.1, 0.15) is 24.4 Å². The summed E-state index contributed by atoms with van der Waals surface area (Å²) in [6.07, 6.45) is 2.56. The first-order chi connectivity index (χ1) is 14.9. The van der Waals surface area contributed by atoms with Crippen LogP contribution in [0.2, 0.25) is 0 Å². The summed E-state index contributed by atoms with van der Waals surface area (Å²) in [5.41, 5.74) is 0.846. The third-order valence-corrected chi connectivity index (χ3v) is 5.57. The summed E-state index contributed by atoms with van der Waals surface area (Å²) in [4.78, 5) is 18.4. The van der Waals surface area contributed by atoms with E-state index in [0.717, 1.165) is 18.2 Å². The quantitative estimate of drug-likeness (QED) is 0.500. The molecule has 162 valence electrons. The molecule has 1 saturated carbocycles. The Morgan fingerprint density at radius 3 is 2.77 bits per heavy atom. The fourth-order valence-corrected chi connectivity index (χ4v) is 3.90. The zero-order chi connectivity index (χ0) is 21.7. The number of hydrogen-bond acceptors (Lipinski definition) is 6. The van der Waals surface area contributed by atoms with Crippen LogP contribution in [-0.4, -0.2) is 55.6 Å². The third kappa shape index (κ3) is 3.77. The van der Waals surface area contributed by atoms with Gasteiger partial charge < -0.3 is 25.7 Å². The van der Waals surface area contributed by atoms with E-state index in [4.69, 9.17) is 0 Å². The van der Waals surface area contributed by atoms with Crippen molar-refractivity contribution in [1.82, 2.24) is 19.9 Å². The second kappa shape index (κ2) is 7.43. The number of halogens is 2. The summed E-state index contributed by atoms with van der Waals surface area (Å²) >= 11 is 0. The number of aliphatic hydroxyl groups is 2. The lowest BCUT2D eigenvalue weighted by Crippen LogP contribution is -2.32. The minimum absolute atomic E-state index is 0.146. The lowest BCUT2D eigenvalue weighted by atomic mass is 10.0. The fourth-order valence-electron chi connectivity index (χ4n) is 3.90. The highest BCUT2D eigenvalue weighted by molar-refractivity contribution is 5.93. The smallest absolute Gasteiger partial charge is 0.319 e. The highest BCUT2D eigenvalue weighted by Crippen LogP contribution is 2.37. The van der Waals surface area contributed by atoms with Crippen molar-refractivity contribution < 1.29 is 23.8 Å². The number of hydrogen-bond donors (Lipinski definition) is 4. The predicted octanol–water partition coefficient (Wildman–Crippen LogP) is 1.57. The van der Waals surface area contributed by atoms with Crippen LogP contribution in [0, 0.1) is 11.6 Å². The van der Waals surface area contributed by atoms with E-state index in [2.05, 4.69) is 20.7 Å². The average Bonchev–Trinajstić information content (AvgIpc) is 3.11. The molecule has 0 unspecified atom stereocenters. The molecule has 3 aromatic rings. The lowest BCUT2D eigenvalue weighted by Gasteiger charge is -2.26. The molecule has 1 aromatic carbocycles. The summed E-state index contributed by atoms with van der Waals surface area (Å²) in [7, 11) is 0. The predicted molar refractivity (Wildman–Crippen MR) is 107 cm³/mol. The van der Waals surface area contributed by atoms with E-state index in [9.17, 15) is 23.8 Å². The largest absolute Gasteiger partial charge is 0.391 e. The minimum atomic E-state index is -0.732. The van der Waals surface area contributed by atoms with Gasteiger partial charge in [-0.3, -0.25) is 0 Å². The van der Waals surface area contributed by atoms with Gasteiger partial charge in [-0.15, -0.1) is 0 Å². The number of rotatable bonds is 4. The Morgan fingerprint density at radius 1 is 1.19 bits per heavy atom. The van der Waals surface area contributed by atoms with Gasteiger partial charge in [0.25, 0.3) is 0 Å². The SMILES string of the molecule is O=C(Nc1cnn2ccc(N3C[C@H](O)C[C@@H]3c3cc(F)ccc3F)nc12)N[C@@H]1C[C@H]1O. The van der Waals surface area contributed by atoms with Gasteiger partial charge in [-0.1, -0.05) is 0 Å². The first-order valence-corrected chi connectivity index (χ1v) is 9.88. The Balaban J connectivity index is 1.44. The molecule has 0 radical (unpaired) electrons. The first-order valence-electron chi connectivity index (χ1n) is 9.88. The molecule has 1 aliphatic carbocycles. The number of carbonyl (C=O) groups is 1. The molecular weight excluding hydrogens is 410 g/mol. The Kier molecular flexibility index (Phi) is 4.71. The van der Waals surface area contributed by atoms with Crippen molar-refractivity contribution in [3.8, 4) is 0 Å². The first kappa shape index (κ1) is 19.6. The molecule has 5 rings (SSSR count). The number of amides is 2. The number of anilines is 2. The Morgan fingerprint density at radius 2 is 2.00 bits per heavy atom. The number of fused-ring (bicyclic) bond motifs is 1. The number of urea groups is 1. The fraction of sp³-hybridized carbons (Fsp3) is 0.350. The molecule has 4 N–H and O–H groups in total. The number of nitrogens with one attached hydrogen (secondary N) is 2. The molecule has 11 heteroatoms. The van der Waals surface area contributed by atoms with Gasteiger partial charge in [0.05, 0.1) is 30.5 Å². The monoisotopic (exact) mass is 430 g/mol. The van der Waals surface area contributed by atoms with Gasteiger partial charge in [0.2, 0.25) is 0 Å². The van der Waals surface area contributed by atoms with Crippen molar-refractivity contribution in [1.29, 1.82) is 0 Å². The lowest BCUT2D eigenvalue weighted by molar-refractivity contribution is 0.194. The molecule has 0 bridgehead atoms. The molecule has 3 heterocycles. The summed E-state index contributed by atoms with van der Waals surface area (Å²) in [6, 6.07) is 3.56. The van der Waals surface area contributed by atoms with Crippen LogP contribution < -0.4 is 15.5 Å². The molecule has 4 atom stereocenters. The van der Waals surface area contributed by atoms with Crippen molar-refractivity contribution in [2.24, 2.45) is 0 Å². The Hall–Kier alpha value is -3.31. The number of carbonyl (C=O) groups excluding carboxylic acids is 1.